The van der Waals surface area contributed by atoms with Gasteiger partial charge in [-0.15, -0.1) is 0 Å². The normalized spacial score (nSPS) is 12.8. The molecule has 0 unspecified atom stereocenters. The van der Waals surface area contributed by atoms with Crippen molar-refractivity contribution in [3.8, 4) is 0 Å². The summed E-state index contributed by atoms with van der Waals surface area (Å²) in [5, 5.41) is 9.26. The van der Waals surface area contributed by atoms with Crippen molar-refractivity contribution < 1.29 is 13.9 Å². The Kier molecular flexibility index (Phi) is 5.78. The van der Waals surface area contributed by atoms with Crippen LogP contribution in [0.15, 0.2) is 18.2 Å². The van der Waals surface area contributed by atoms with Gasteiger partial charge in [0, 0.05) is 12.6 Å². The topological polar surface area (TPSA) is 49.5 Å². The lowest BCUT2D eigenvalue weighted by Gasteiger charge is -2.25. The van der Waals surface area contributed by atoms with Crippen LogP contribution in [-0.4, -0.2) is 31.2 Å². The molecule has 0 fully saturated rings. The Hall–Kier alpha value is -0.910. The number of aliphatic hydroxyl groups excluding tert-OH is 1. The van der Waals surface area contributed by atoms with Crippen molar-refractivity contribution in [1.29, 1.82) is 0 Å². The van der Waals surface area contributed by atoms with Gasteiger partial charge >= 0.3 is 0 Å². The first kappa shape index (κ1) is 15.1. The maximum Gasteiger partial charge on any atom is 0.255 e. The average Bonchev–Trinajstić information content (AvgIpc) is 2.27. The quantitative estimate of drug-likeness (QED) is 0.840. The highest BCUT2D eigenvalue weighted by molar-refractivity contribution is 6.33. The lowest BCUT2D eigenvalue weighted by molar-refractivity contribution is 0.153. The lowest BCUT2D eigenvalue weighted by Crippen LogP contribution is -2.31. The van der Waals surface area contributed by atoms with Crippen LogP contribution in [-0.2, 0) is 0 Å². The SMILES string of the molecule is C[C@@H](N)c1ccc(N(CCO)CC(F)F)c(Cl)c1. The average molecular weight is 279 g/mol. The van der Waals surface area contributed by atoms with Crippen molar-refractivity contribution in [1.82, 2.24) is 0 Å². The molecular formula is C12H17ClF2N2O. The van der Waals surface area contributed by atoms with Crippen LogP contribution in [0.2, 0.25) is 5.02 Å². The Morgan fingerprint density at radius 3 is 2.56 bits per heavy atom. The molecule has 1 aromatic rings. The van der Waals surface area contributed by atoms with E-state index in [-0.39, 0.29) is 19.2 Å². The highest BCUT2D eigenvalue weighted by atomic mass is 35.5. The molecule has 3 nitrogen and oxygen atoms in total. The van der Waals surface area contributed by atoms with Gasteiger partial charge in [0.25, 0.3) is 6.43 Å². The summed E-state index contributed by atoms with van der Waals surface area (Å²) in [5.74, 6) is 0. The fraction of sp³-hybridized carbons (Fsp3) is 0.500. The lowest BCUT2D eigenvalue weighted by atomic mass is 10.1. The predicted molar refractivity (Wildman–Crippen MR) is 69.4 cm³/mol. The zero-order chi connectivity index (χ0) is 13.7. The number of halogens is 3. The Balaban J connectivity index is 2.97. The molecule has 0 bridgehead atoms. The Labute approximate surface area is 110 Å². The van der Waals surface area contributed by atoms with Crippen LogP contribution in [0, 0.1) is 0 Å². The van der Waals surface area contributed by atoms with E-state index >= 15 is 0 Å². The minimum absolute atomic E-state index is 0.113. The van der Waals surface area contributed by atoms with Crippen molar-refractivity contribution in [3.05, 3.63) is 28.8 Å². The van der Waals surface area contributed by atoms with Crippen LogP contribution in [0.4, 0.5) is 14.5 Å². The van der Waals surface area contributed by atoms with Gasteiger partial charge in [-0.1, -0.05) is 17.7 Å². The minimum Gasteiger partial charge on any atom is -0.395 e. The number of nitrogens with two attached hydrogens (primary N) is 1. The molecular weight excluding hydrogens is 262 g/mol. The van der Waals surface area contributed by atoms with Crippen molar-refractivity contribution >= 4 is 17.3 Å². The zero-order valence-corrected chi connectivity index (χ0v) is 10.9. The van der Waals surface area contributed by atoms with E-state index in [1.807, 2.05) is 6.92 Å². The van der Waals surface area contributed by atoms with Gasteiger partial charge in [-0.3, -0.25) is 0 Å². The molecule has 0 amide bonds. The van der Waals surface area contributed by atoms with E-state index in [4.69, 9.17) is 22.4 Å². The van der Waals surface area contributed by atoms with E-state index in [1.165, 1.54) is 4.90 Å². The van der Waals surface area contributed by atoms with Gasteiger partial charge in [0.1, 0.15) is 0 Å². The molecule has 18 heavy (non-hydrogen) atoms. The van der Waals surface area contributed by atoms with Crippen LogP contribution < -0.4 is 10.6 Å². The summed E-state index contributed by atoms with van der Waals surface area (Å²) < 4.78 is 24.9. The van der Waals surface area contributed by atoms with Gasteiger partial charge in [-0.05, 0) is 24.6 Å². The van der Waals surface area contributed by atoms with E-state index in [2.05, 4.69) is 0 Å². The number of alkyl halides is 2. The molecule has 0 aliphatic carbocycles. The number of anilines is 1. The van der Waals surface area contributed by atoms with Crippen LogP contribution in [0.5, 0.6) is 0 Å². The molecule has 0 radical (unpaired) electrons. The molecule has 6 heteroatoms. The molecule has 0 aliphatic heterocycles. The van der Waals surface area contributed by atoms with Crippen molar-refractivity contribution in [2.75, 3.05) is 24.6 Å². The maximum absolute atomic E-state index is 12.4. The Morgan fingerprint density at radius 2 is 2.11 bits per heavy atom. The molecule has 0 heterocycles. The molecule has 0 spiro atoms. The zero-order valence-electron chi connectivity index (χ0n) is 10.1. The van der Waals surface area contributed by atoms with Gasteiger partial charge in [-0.25, -0.2) is 8.78 Å². The highest BCUT2D eigenvalue weighted by Crippen LogP contribution is 2.28. The fourth-order valence-corrected chi connectivity index (χ4v) is 1.97. The summed E-state index contributed by atoms with van der Waals surface area (Å²) >= 11 is 6.06. The van der Waals surface area contributed by atoms with E-state index in [9.17, 15) is 8.78 Å². The number of rotatable bonds is 6. The number of aliphatic hydroxyl groups is 1. The molecule has 1 atom stereocenters. The third-order valence-electron chi connectivity index (χ3n) is 2.57. The monoisotopic (exact) mass is 278 g/mol. The summed E-state index contributed by atoms with van der Waals surface area (Å²) in [5.41, 5.74) is 7.04. The molecule has 0 aliphatic rings. The fourth-order valence-electron chi connectivity index (χ4n) is 1.66. The first-order chi connectivity index (χ1) is 8.45. The Bertz CT molecular complexity index is 388. The molecule has 1 rings (SSSR count). The van der Waals surface area contributed by atoms with Crippen LogP contribution in [0.1, 0.15) is 18.5 Å². The summed E-state index contributed by atoms with van der Waals surface area (Å²) in [7, 11) is 0. The number of hydrogen-bond donors (Lipinski definition) is 2. The van der Waals surface area contributed by atoms with Crippen molar-refractivity contribution in [3.63, 3.8) is 0 Å². The molecule has 0 aromatic heterocycles. The van der Waals surface area contributed by atoms with Gasteiger partial charge in [-0.2, -0.15) is 0 Å². The highest BCUT2D eigenvalue weighted by Gasteiger charge is 2.15. The largest absolute Gasteiger partial charge is 0.395 e. The molecule has 1 aromatic carbocycles. The number of hydrogen-bond acceptors (Lipinski definition) is 3. The van der Waals surface area contributed by atoms with Crippen molar-refractivity contribution in [2.24, 2.45) is 5.73 Å². The van der Waals surface area contributed by atoms with Gasteiger partial charge in [0.15, 0.2) is 0 Å². The summed E-state index contributed by atoms with van der Waals surface area (Å²) in [6.07, 6.45) is -2.49. The number of nitrogens with zero attached hydrogens (tertiary/aromatic N) is 1. The second kappa shape index (κ2) is 6.87. The standard InChI is InChI=1S/C12H17ClF2N2O/c1-8(16)9-2-3-11(10(13)6-9)17(4-5-18)7-12(14)15/h2-3,6,8,12,18H,4-5,7,16H2,1H3/t8-/m1/s1. The molecule has 3 N–H and O–H groups in total. The smallest absolute Gasteiger partial charge is 0.255 e. The second-order valence-corrected chi connectivity index (χ2v) is 4.47. The predicted octanol–water partition coefficient (Wildman–Crippen LogP) is 2.42. The minimum atomic E-state index is -2.49. The van der Waals surface area contributed by atoms with E-state index < -0.39 is 13.0 Å². The van der Waals surface area contributed by atoms with Gasteiger partial charge in [0.05, 0.1) is 23.9 Å². The summed E-state index contributed by atoms with van der Waals surface area (Å²) in [6, 6.07) is 4.90. The van der Waals surface area contributed by atoms with Crippen LogP contribution in [0.3, 0.4) is 0 Å². The van der Waals surface area contributed by atoms with Crippen LogP contribution in [0.25, 0.3) is 0 Å². The Morgan fingerprint density at radius 1 is 1.44 bits per heavy atom. The first-order valence-corrected chi connectivity index (χ1v) is 6.02. The van der Waals surface area contributed by atoms with Gasteiger partial charge < -0.3 is 15.7 Å². The summed E-state index contributed by atoms with van der Waals surface area (Å²) in [4.78, 5) is 1.36. The van der Waals surface area contributed by atoms with E-state index in [0.29, 0.717) is 10.7 Å². The molecule has 102 valence electrons. The molecule has 0 saturated heterocycles. The third-order valence-corrected chi connectivity index (χ3v) is 2.87. The van der Waals surface area contributed by atoms with Gasteiger partial charge in [0.2, 0.25) is 0 Å². The van der Waals surface area contributed by atoms with E-state index in [0.717, 1.165) is 5.56 Å². The first-order valence-electron chi connectivity index (χ1n) is 5.64. The number of benzene rings is 1. The third kappa shape index (κ3) is 4.08. The van der Waals surface area contributed by atoms with Crippen LogP contribution >= 0.6 is 11.6 Å². The van der Waals surface area contributed by atoms with Crippen molar-refractivity contribution in [2.45, 2.75) is 19.4 Å². The van der Waals surface area contributed by atoms with E-state index in [1.54, 1.807) is 18.2 Å². The maximum atomic E-state index is 12.4. The molecule has 0 saturated carbocycles. The second-order valence-electron chi connectivity index (χ2n) is 4.06. The summed E-state index contributed by atoms with van der Waals surface area (Å²) in [6.45, 7) is 1.26.